The molecule has 0 aromatic carbocycles. The van der Waals surface area contributed by atoms with Gasteiger partial charge in [-0.15, -0.1) is 0 Å². The molecule has 10 unspecified atom stereocenters. The molecule has 212 valence electrons. The van der Waals surface area contributed by atoms with Crippen molar-refractivity contribution >= 4 is 17.7 Å². The van der Waals surface area contributed by atoms with Crippen molar-refractivity contribution in [2.75, 3.05) is 7.11 Å². The second kappa shape index (κ2) is 8.02. The highest BCUT2D eigenvalue weighted by Gasteiger charge is 2.84. The fourth-order valence-corrected chi connectivity index (χ4v) is 8.52. The molecule has 4 saturated heterocycles. The van der Waals surface area contributed by atoms with Crippen LogP contribution in [0.3, 0.4) is 0 Å². The third-order valence-corrected chi connectivity index (χ3v) is 10.4. The van der Waals surface area contributed by atoms with Crippen LogP contribution in [0.1, 0.15) is 65.5 Å². The van der Waals surface area contributed by atoms with Gasteiger partial charge in [0.25, 0.3) is 0 Å². The van der Waals surface area contributed by atoms with Crippen LogP contribution in [0, 0.1) is 34.5 Å². The number of hydrogen-bond donors (Lipinski definition) is 2. The van der Waals surface area contributed by atoms with Crippen LogP contribution in [0.4, 0.5) is 0 Å². The topological polar surface area (TPSA) is 142 Å². The van der Waals surface area contributed by atoms with Gasteiger partial charge < -0.3 is 33.6 Å². The number of aliphatic hydroxyl groups is 2. The molecular weight excluding hydrogens is 508 g/mol. The number of furan rings is 1. The standard InChI is InChI=1S/C29H36O10/c1-14-17(11-18(30)35-6)25(2,3)12-16(20(14)31)23-29(34)21-19-24(32)37-22(15-7-10-36-13-15)26(21,4)8-9-28(29,33)39-27(19,5)38-23/h7,10,12-14,17,19,21-23,33-34H,8-9,11H2,1-6H3. The molecule has 10 atom stereocenters. The van der Waals surface area contributed by atoms with E-state index in [0.29, 0.717) is 12.0 Å². The number of methoxy groups -OCH3 is 1. The van der Waals surface area contributed by atoms with Crippen molar-refractivity contribution < 1.29 is 48.0 Å². The summed E-state index contributed by atoms with van der Waals surface area (Å²) in [6, 6.07) is 1.72. The number of hydrogen-bond acceptors (Lipinski definition) is 10. The lowest BCUT2D eigenvalue weighted by atomic mass is 9.45. The molecule has 5 fully saturated rings. The summed E-state index contributed by atoms with van der Waals surface area (Å²) in [7, 11) is 1.31. The molecule has 2 N–H and O–H groups in total. The Kier molecular flexibility index (Phi) is 5.49. The highest BCUT2D eigenvalue weighted by Crippen LogP contribution is 2.72. The molecule has 5 heterocycles. The fourth-order valence-electron chi connectivity index (χ4n) is 8.52. The van der Waals surface area contributed by atoms with Gasteiger partial charge in [0, 0.05) is 41.2 Å². The first-order valence-corrected chi connectivity index (χ1v) is 13.5. The molecule has 4 bridgehead atoms. The minimum Gasteiger partial charge on any atom is -0.472 e. The largest absolute Gasteiger partial charge is 0.472 e. The summed E-state index contributed by atoms with van der Waals surface area (Å²) in [5.74, 6) is -7.87. The van der Waals surface area contributed by atoms with Crippen molar-refractivity contribution in [3.05, 3.63) is 35.8 Å². The SMILES string of the molecule is COC(=O)CC1C(C)C(=O)C(C2OC3(C)OC4(O)CCC5(C)C(c6ccoc6)OC(=O)C3C5C24O)=CC1(C)C. The summed E-state index contributed by atoms with van der Waals surface area (Å²) in [5.41, 5.74) is -2.76. The normalized spacial score (nSPS) is 47.8. The maximum atomic E-state index is 13.9. The fraction of sp³-hybridized carbons (Fsp3) is 0.690. The van der Waals surface area contributed by atoms with Gasteiger partial charge in [-0.2, -0.15) is 0 Å². The van der Waals surface area contributed by atoms with Crippen molar-refractivity contribution in [3.8, 4) is 0 Å². The van der Waals surface area contributed by atoms with Gasteiger partial charge >= 0.3 is 11.9 Å². The summed E-state index contributed by atoms with van der Waals surface area (Å²) >= 11 is 0. The van der Waals surface area contributed by atoms with Crippen LogP contribution < -0.4 is 0 Å². The average Bonchev–Trinajstić information content (AvgIpc) is 3.39. The zero-order valence-corrected chi connectivity index (χ0v) is 23.1. The third-order valence-electron chi connectivity index (χ3n) is 10.4. The minimum absolute atomic E-state index is 0.0377. The Bertz CT molecular complexity index is 1270. The lowest BCUT2D eigenvalue weighted by Gasteiger charge is -2.74. The van der Waals surface area contributed by atoms with Crippen molar-refractivity contribution in [2.24, 2.45) is 34.5 Å². The molecule has 7 rings (SSSR count). The van der Waals surface area contributed by atoms with Crippen LogP contribution >= 0.6 is 0 Å². The van der Waals surface area contributed by atoms with Gasteiger partial charge in [-0.3, -0.25) is 14.4 Å². The molecular formula is C29H36O10. The van der Waals surface area contributed by atoms with Crippen LogP contribution in [0.2, 0.25) is 0 Å². The van der Waals surface area contributed by atoms with E-state index in [1.165, 1.54) is 19.6 Å². The molecule has 1 saturated carbocycles. The Hall–Kier alpha value is -2.53. The molecule has 0 amide bonds. The molecule has 1 aromatic heterocycles. The number of cyclic esters (lactones) is 1. The Labute approximate surface area is 226 Å². The molecule has 6 aliphatic rings. The maximum absolute atomic E-state index is 13.9. The van der Waals surface area contributed by atoms with Gasteiger partial charge in [0.1, 0.15) is 18.1 Å². The van der Waals surface area contributed by atoms with E-state index >= 15 is 0 Å². The highest BCUT2D eigenvalue weighted by atomic mass is 16.8. The average molecular weight is 545 g/mol. The van der Waals surface area contributed by atoms with Gasteiger partial charge in [-0.1, -0.05) is 33.8 Å². The summed E-state index contributed by atoms with van der Waals surface area (Å²) in [5, 5.41) is 24.7. The second-order valence-electron chi connectivity index (χ2n) is 13.0. The van der Waals surface area contributed by atoms with E-state index in [4.69, 9.17) is 23.4 Å². The number of fused-ring (bicyclic) bond motifs is 1. The van der Waals surface area contributed by atoms with Gasteiger partial charge in [-0.25, -0.2) is 0 Å². The molecule has 0 radical (unpaired) electrons. The van der Waals surface area contributed by atoms with E-state index < -0.39 is 69.9 Å². The first-order valence-electron chi connectivity index (χ1n) is 13.5. The number of allylic oxidation sites excluding steroid dienone is 1. The van der Waals surface area contributed by atoms with E-state index in [-0.39, 0.29) is 30.1 Å². The molecule has 2 aliphatic carbocycles. The maximum Gasteiger partial charge on any atom is 0.315 e. The Morgan fingerprint density at radius 3 is 2.49 bits per heavy atom. The number of carbonyl (C=O) groups excluding carboxylic acids is 3. The van der Waals surface area contributed by atoms with Crippen LogP contribution in [0.15, 0.2) is 34.7 Å². The van der Waals surface area contributed by atoms with Crippen molar-refractivity contribution in [3.63, 3.8) is 0 Å². The number of rotatable bonds is 4. The van der Waals surface area contributed by atoms with Crippen molar-refractivity contribution in [1.82, 2.24) is 0 Å². The predicted molar refractivity (Wildman–Crippen MR) is 132 cm³/mol. The minimum atomic E-state index is -2.14. The van der Waals surface area contributed by atoms with Crippen molar-refractivity contribution in [2.45, 2.75) is 83.3 Å². The summed E-state index contributed by atoms with van der Waals surface area (Å²) < 4.78 is 28.5. The third kappa shape index (κ3) is 3.26. The Morgan fingerprint density at radius 1 is 1.13 bits per heavy atom. The van der Waals surface area contributed by atoms with E-state index in [9.17, 15) is 24.6 Å². The van der Waals surface area contributed by atoms with Crippen LogP contribution in [-0.4, -0.2) is 58.3 Å². The molecule has 39 heavy (non-hydrogen) atoms. The number of ketones is 1. The molecule has 10 nitrogen and oxygen atoms in total. The summed E-state index contributed by atoms with van der Waals surface area (Å²) in [4.78, 5) is 39.6. The van der Waals surface area contributed by atoms with Crippen LogP contribution in [-0.2, 0) is 33.3 Å². The van der Waals surface area contributed by atoms with Crippen LogP contribution in [0.25, 0.3) is 0 Å². The number of carbonyl (C=O) groups is 3. The predicted octanol–water partition coefficient (Wildman–Crippen LogP) is 2.83. The number of ether oxygens (including phenoxy) is 4. The van der Waals surface area contributed by atoms with Gasteiger partial charge in [0.15, 0.2) is 17.2 Å². The Morgan fingerprint density at radius 2 is 1.85 bits per heavy atom. The Balaban J connectivity index is 1.50. The zero-order valence-electron chi connectivity index (χ0n) is 23.1. The number of esters is 2. The van der Waals surface area contributed by atoms with E-state index in [2.05, 4.69) is 0 Å². The quantitative estimate of drug-likeness (QED) is 0.544. The van der Waals surface area contributed by atoms with E-state index in [1.54, 1.807) is 26.0 Å². The van der Waals surface area contributed by atoms with Gasteiger partial charge in [0.05, 0.1) is 19.6 Å². The first kappa shape index (κ1) is 26.7. The van der Waals surface area contributed by atoms with Gasteiger partial charge in [0.2, 0.25) is 5.79 Å². The second-order valence-corrected chi connectivity index (χ2v) is 13.0. The van der Waals surface area contributed by atoms with Crippen LogP contribution in [0.5, 0.6) is 0 Å². The number of Topliss-reactive ketones (excluding diaryl/α,β-unsaturated/α-hetero) is 1. The monoisotopic (exact) mass is 544 g/mol. The first-order chi connectivity index (χ1) is 18.1. The van der Waals surface area contributed by atoms with E-state index in [0.717, 1.165) is 0 Å². The van der Waals surface area contributed by atoms with E-state index in [1.807, 2.05) is 20.8 Å². The summed E-state index contributed by atoms with van der Waals surface area (Å²) in [6.07, 6.45) is 3.23. The smallest absolute Gasteiger partial charge is 0.315 e. The lowest BCUT2D eigenvalue weighted by Crippen LogP contribution is -2.87. The van der Waals surface area contributed by atoms with Crippen molar-refractivity contribution in [1.29, 1.82) is 0 Å². The molecule has 4 aliphatic heterocycles. The lowest BCUT2D eigenvalue weighted by molar-refractivity contribution is -0.534. The molecule has 1 aromatic rings. The molecule has 10 heteroatoms. The highest BCUT2D eigenvalue weighted by molar-refractivity contribution is 6.00. The van der Waals surface area contributed by atoms with Gasteiger partial charge in [-0.05, 0) is 30.7 Å². The molecule has 0 spiro atoms. The zero-order chi connectivity index (χ0) is 28.3. The summed E-state index contributed by atoms with van der Waals surface area (Å²) in [6.45, 7) is 9.10.